The number of halogens is 2. The van der Waals surface area contributed by atoms with E-state index in [0.29, 0.717) is 11.4 Å². The van der Waals surface area contributed by atoms with E-state index in [1.54, 1.807) is 0 Å². The molecule has 0 bridgehead atoms. The third-order valence-electron chi connectivity index (χ3n) is 3.02. The van der Waals surface area contributed by atoms with E-state index in [0.717, 1.165) is 16.8 Å². The minimum Gasteiger partial charge on any atom is -0.397 e. The largest absolute Gasteiger partial charge is 0.397 e. The van der Waals surface area contributed by atoms with Crippen LogP contribution in [-0.4, -0.2) is 7.05 Å². The molecular weight excluding hydrogens is 263 g/mol. The van der Waals surface area contributed by atoms with Crippen molar-refractivity contribution in [2.24, 2.45) is 0 Å². The van der Waals surface area contributed by atoms with Gasteiger partial charge in [-0.15, -0.1) is 0 Å². The van der Waals surface area contributed by atoms with E-state index >= 15 is 0 Å². The Kier molecular flexibility index (Phi) is 3.67. The second-order valence-electron chi connectivity index (χ2n) is 4.73. The fourth-order valence-corrected chi connectivity index (χ4v) is 2.30. The van der Waals surface area contributed by atoms with E-state index < -0.39 is 5.82 Å². The first kappa shape index (κ1) is 13.7. The van der Waals surface area contributed by atoms with E-state index in [1.807, 2.05) is 37.9 Å². The topological polar surface area (TPSA) is 29.3 Å². The summed E-state index contributed by atoms with van der Waals surface area (Å²) in [5.41, 5.74) is 10.2. The molecule has 2 aromatic rings. The van der Waals surface area contributed by atoms with Crippen LogP contribution < -0.4 is 10.6 Å². The Morgan fingerprint density at radius 2 is 1.63 bits per heavy atom. The average Bonchev–Trinajstić information content (AvgIpc) is 2.31. The van der Waals surface area contributed by atoms with Gasteiger partial charge in [-0.2, -0.15) is 0 Å². The van der Waals surface area contributed by atoms with Gasteiger partial charge in [0, 0.05) is 18.8 Å². The SMILES string of the molecule is Cc1cc(C)cc(N(C)c2cc(F)c(Cl)cc2N)c1. The third kappa shape index (κ3) is 2.82. The van der Waals surface area contributed by atoms with Crippen LogP contribution >= 0.6 is 11.6 Å². The van der Waals surface area contributed by atoms with E-state index in [2.05, 4.69) is 6.07 Å². The van der Waals surface area contributed by atoms with Crippen LogP contribution in [0, 0.1) is 19.7 Å². The van der Waals surface area contributed by atoms with E-state index in [1.165, 1.54) is 12.1 Å². The number of rotatable bonds is 2. The van der Waals surface area contributed by atoms with Gasteiger partial charge in [0.15, 0.2) is 0 Å². The third-order valence-corrected chi connectivity index (χ3v) is 3.31. The van der Waals surface area contributed by atoms with Gasteiger partial charge >= 0.3 is 0 Å². The lowest BCUT2D eigenvalue weighted by Crippen LogP contribution is -2.12. The molecule has 4 heteroatoms. The minimum atomic E-state index is -0.470. The number of nitrogen functional groups attached to an aromatic ring is 1. The van der Waals surface area contributed by atoms with Gasteiger partial charge in [0.1, 0.15) is 5.82 Å². The summed E-state index contributed by atoms with van der Waals surface area (Å²) in [6.45, 7) is 4.05. The lowest BCUT2D eigenvalue weighted by Gasteiger charge is -2.22. The molecule has 2 aromatic carbocycles. The van der Waals surface area contributed by atoms with Crippen molar-refractivity contribution in [3.05, 3.63) is 52.3 Å². The molecule has 0 saturated heterocycles. The number of nitrogens with zero attached hydrogens (tertiary/aromatic N) is 1. The molecular formula is C15H16ClFN2. The fourth-order valence-electron chi connectivity index (χ4n) is 2.13. The van der Waals surface area contributed by atoms with Gasteiger partial charge in [0.25, 0.3) is 0 Å². The van der Waals surface area contributed by atoms with Crippen LogP contribution in [0.5, 0.6) is 0 Å². The number of benzene rings is 2. The van der Waals surface area contributed by atoms with Crippen molar-refractivity contribution in [3.8, 4) is 0 Å². The number of anilines is 3. The summed E-state index contributed by atoms with van der Waals surface area (Å²) in [5.74, 6) is -0.470. The fraction of sp³-hybridized carbons (Fsp3) is 0.200. The first-order chi connectivity index (χ1) is 8.88. The molecule has 0 aliphatic heterocycles. The maximum Gasteiger partial charge on any atom is 0.144 e. The summed E-state index contributed by atoms with van der Waals surface area (Å²) >= 11 is 5.71. The standard InChI is InChI=1S/C15H16ClFN2/c1-9-4-10(2)6-11(5-9)19(3)15-8-13(17)12(16)7-14(15)18/h4-8H,18H2,1-3H3. The zero-order valence-electron chi connectivity index (χ0n) is 11.2. The van der Waals surface area contributed by atoms with Gasteiger partial charge < -0.3 is 10.6 Å². The molecule has 19 heavy (non-hydrogen) atoms. The van der Waals surface area contributed by atoms with Gasteiger partial charge in [0.05, 0.1) is 16.4 Å². The molecule has 2 N–H and O–H groups in total. The van der Waals surface area contributed by atoms with Crippen molar-refractivity contribution in [2.45, 2.75) is 13.8 Å². The number of hydrogen-bond acceptors (Lipinski definition) is 2. The number of nitrogens with two attached hydrogens (primary N) is 1. The van der Waals surface area contributed by atoms with Gasteiger partial charge in [-0.05, 0) is 43.2 Å². The van der Waals surface area contributed by atoms with Crippen LogP contribution in [0.25, 0.3) is 0 Å². The molecule has 0 atom stereocenters. The molecule has 0 aliphatic carbocycles. The molecule has 0 amide bonds. The van der Waals surface area contributed by atoms with Gasteiger partial charge in [-0.1, -0.05) is 17.7 Å². The van der Waals surface area contributed by atoms with Gasteiger partial charge in [-0.25, -0.2) is 4.39 Å². The highest BCUT2D eigenvalue weighted by molar-refractivity contribution is 6.31. The normalized spacial score (nSPS) is 10.6. The molecule has 100 valence electrons. The lowest BCUT2D eigenvalue weighted by molar-refractivity contribution is 0.628. The number of aryl methyl sites for hydroxylation is 2. The number of hydrogen-bond donors (Lipinski definition) is 1. The molecule has 0 unspecified atom stereocenters. The zero-order chi connectivity index (χ0) is 14.2. The molecule has 0 aromatic heterocycles. The van der Waals surface area contributed by atoms with Crippen LogP contribution in [0.1, 0.15) is 11.1 Å². The monoisotopic (exact) mass is 278 g/mol. The van der Waals surface area contributed by atoms with Crippen molar-refractivity contribution in [1.82, 2.24) is 0 Å². The van der Waals surface area contributed by atoms with Gasteiger partial charge in [0.2, 0.25) is 0 Å². The maximum atomic E-state index is 13.6. The van der Waals surface area contributed by atoms with Gasteiger partial charge in [-0.3, -0.25) is 0 Å². The van der Waals surface area contributed by atoms with Crippen LogP contribution in [-0.2, 0) is 0 Å². The van der Waals surface area contributed by atoms with Crippen molar-refractivity contribution in [1.29, 1.82) is 0 Å². The molecule has 2 nitrogen and oxygen atoms in total. The zero-order valence-corrected chi connectivity index (χ0v) is 11.9. The maximum absolute atomic E-state index is 13.6. The highest BCUT2D eigenvalue weighted by Gasteiger charge is 2.12. The predicted molar refractivity (Wildman–Crippen MR) is 79.8 cm³/mol. The molecule has 0 fully saturated rings. The summed E-state index contributed by atoms with van der Waals surface area (Å²) in [7, 11) is 1.85. The van der Waals surface area contributed by atoms with Crippen molar-refractivity contribution >= 4 is 28.7 Å². The van der Waals surface area contributed by atoms with Crippen LogP contribution in [0.15, 0.2) is 30.3 Å². The second-order valence-corrected chi connectivity index (χ2v) is 5.14. The molecule has 0 spiro atoms. The van der Waals surface area contributed by atoms with Crippen LogP contribution in [0.2, 0.25) is 5.02 Å². The Bertz CT molecular complexity index is 606. The molecule has 0 heterocycles. The van der Waals surface area contributed by atoms with Crippen molar-refractivity contribution in [2.75, 3.05) is 17.7 Å². The first-order valence-corrected chi connectivity index (χ1v) is 6.33. The Labute approximate surface area is 117 Å². The smallest absolute Gasteiger partial charge is 0.144 e. The summed E-state index contributed by atoms with van der Waals surface area (Å²) in [5, 5.41) is 0.0371. The van der Waals surface area contributed by atoms with Crippen molar-refractivity contribution < 1.29 is 4.39 Å². The molecule has 0 radical (unpaired) electrons. The minimum absolute atomic E-state index is 0.0371. The lowest BCUT2D eigenvalue weighted by atomic mass is 10.1. The first-order valence-electron chi connectivity index (χ1n) is 5.95. The Balaban J connectivity index is 2.49. The summed E-state index contributed by atoms with van der Waals surface area (Å²) in [4.78, 5) is 1.86. The molecule has 0 aliphatic rings. The van der Waals surface area contributed by atoms with Crippen molar-refractivity contribution in [3.63, 3.8) is 0 Å². The Morgan fingerprint density at radius 1 is 1.05 bits per heavy atom. The molecule has 2 rings (SSSR count). The Hall–Kier alpha value is -1.74. The quantitative estimate of drug-likeness (QED) is 0.823. The van der Waals surface area contributed by atoms with E-state index in [9.17, 15) is 4.39 Å². The summed E-state index contributed by atoms with van der Waals surface area (Å²) < 4.78 is 13.6. The molecule has 0 saturated carbocycles. The summed E-state index contributed by atoms with van der Waals surface area (Å²) in [6.07, 6.45) is 0. The van der Waals surface area contributed by atoms with E-state index in [-0.39, 0.29) is 5.02 Å². The van der Waals surface area contributed by atoms with Crippen LogP contribution in [0.4, 0.5) is 21.5 Å². The highest BCUT2D eigenvalue weighted by Crippen LogP contribution is 2.33. The summed E-state index contributed by atoms with van der Waals surface area (Å²) in [6, 6.07) is 8.93. The highest BCUT2D eigenvalue weighted by atomic mass is 35.5. The Morgan fingerprint density at radius 3 is 2.21 bits per heavy atom. The van der Waals surface area contributed by atoms with E-state index in [4.69, 9.17) is 17.3 Å². The predicted octanol–water partition coefficient (Wildman–Crippen LogP) is 4.45. The average molecular weight is 279 g/mol. The second kappa shape index (κ2) is 5.10. The van der Waals surface area contributed by atoms with Crippen LogP contribution in [0.3, 0.4) is 0 Å².